The first-order valence-electron chi connectivity index (χ1n) is 7.39. The van der Waals surface area contributed by atoms with E-state index in [1.54, 1.807) is 19.2 Å². The number of rotatable bonds is 6. The van der Waals surface area contributed by atoms with E-state index >= 15 is 0 Å². The first-order chi connectivity index (χ1) is 10.5. The molecule has 1 heterocycles. The fraction of sp³-hybridized carbons (Fsp3) is 0.562. The summed E-state index contributed by atoms with van der Waals surface area (Å²) in [7, 11) is 3.11. The van der Waals surface area contributed by atoms with Gasteiger partial charge in [-0.15, -0.1) is 0 Å². The average Bonchev–Trinajstić information content (AvgIpc) is 2.46. The maximum Gasteiger partial charge on any atom is 0.317 e. The SMILES string of the molecule is CCC1(CNC(=O)N(C)Cc2ccc(OC)c(F)c2)COC1. The van der Waals surface area contributed by atoms with Crippen molar-refractivity contribution in [3.63, 3.8) is 0 Å². The van der Waals surface area contributed by atoms with Gasteiger partial charge >= 0.3 is 6.03 Å². The predicted octanol–water partition coefficient (Wildman–Crippen LogP) is 2.40. The van der Waals surface area contributed by atoms with E-state index in [2.05, 4.69) is 12.2 Å². The van der Waals surface area contributed by atoms with E-state index in [0.717, 1.165) is 6.42 Å². The molecule has 5 nitrogen and oxygen atoms in total. The van der Waals surface area contributed by atoms with Gasteiger partial charge in [-0.1, -0.05) is 13.0 Å². The van der Waals surface area contributed by atoms with Gasteiger partial charge in [0, 0.05) is 25.6 Å². The van der Waals surface area contributed by atoms with Crippen molar-refractivity contribution in [1.29, 1.82) is 0 Å². The van der Waals surface area contributed by atoms with Gasteiger partial charge in [-0.25, -0.2) is 9.18 Å². The summed E-state index contributed by atoms with van der Waals surface area (Å²) in [5.41, 5.74) is 0.788. The van der Waals surface area contributed by atoms with Crippen LogP contribution in [0.5, 0.6) is 5.75 Å². The van der Waals surface area contributed by atoms with Crippen molar-refractivity contribution in [2.24, 2.45) is 5.41 Å². The first-order valence-corrected chi connectivity index (χ1v) is 7.39. The third-order valence-corrected chi connectivity index (χ3v) is 4.16. The number of nitrogens with zero attached hydrogens (tertiary/aromatic N) is 1. The van der Waals surface area contributed by atoms with E-state index in [1.165, 1.54) is 18.1 Å². The van der Waals surface area contributed by atoms with Gasteiger partial charge in [-0.3, -0.25) is 0 Å². The molecule has 1 aliphatic heterocycles. The van der Waals surface area contributed by atoms with Crippen LogP contribution in [0, 0.1) is 11.2 Å². The van der Waals surface area contributed by atoms with Crippen LogP contribution in [0.1, 0.15) is 18.9 Å². The third-order valence-electron chi connectivity index (χ3n) is 4.16. The molecular weight excluding hydrogens is 287 g/mol. The van der Waals surface area contributed by atoms with Crippen LogP contribution in [0.3, 0.4) is 0 Å². The molecule has 0 atom stereocenters. The van der Waals surface area contributed by atoms with Gasteiger partial charge in [0.25, 0.3) is 0 Å². The number of carbonyl (C=O) groups is 1. The highest BCUT2D eigenvalue weighted by Crippen LogP contribution is 2.30. The topological polar surface area (TPSA) is 50.8 Å². The van der Waals surface area contributed by atoms with E-state index in [4.69, 9.17) is 9.47 Å². The van der Waals surface area contributed by atoms with Crippen molar-refractivity contribution in [3.05, 3.63) is 29.6 Å². The Labute approximate surface area is 130 Å². The highest BCUT2D eigenvalue weighted by Gasteiger charge is 2.37. The Morgan fingerprint density at radius 3 is 2.73 bits per heavy atom. The maximum absolute atomic E-state index is 13.6. The number of carbonyl (C=O) groups excluding carboxylic acids is 1. The first kappa shape index (κ1) is 16.5. The Bertz CT molecular complexity index is 527. The fourth-order valence-electron chi connectivity index (χ4n) is 2.37. The minimum Gasteiger partial charge on any atom is -0.494 e. The minimum absolute atomic E-state index is 0.0721. The van der Waals surface area contributed by atoms with Crippen LogP contribution in [-0.2, 0) is 11.3 Å². The highest BCUT2D eigenvalue weighted by molar-refractivity contribution is 5.73. The summed E-state index contributed by atoms with van der Waals surface area (Å²) >= 11 is 0. The number of benzene rings is 1. The van der Waals surface area contributed by atoms with Gasteiger partial charge in [0.05, 0.1) is 20.3 Å². The zero-order valence-electron chi connectivity index (χ0n) is 13.3. The lowest BCUT2D eigenvalue weighted by molar-refractivity contribution is -0.111. The smallest absolute Gasteiger partial charge is 0.317 e. The van der Waals surface area contributed by atoms with Crippen LogP contribution in [0.4, 0.5) is 9.18 Å². The summed E-state index contributed by atoms with van der Waals surface area (Å²) in [4.78, 5) is 13.6. The van der Waals surface area contributed by atoms with Gasteiger partial charge in [0.15, 0.2) is 11.6 Å². The molecule has 0 unspecified atom stereocenters. The molecular formula is C16H23FN2O3. The van der Waals surface area contributed by atoms with Gasteiger partial charge < -0.3 is 19.7 Å². The number of urea groups is 1. The number of hydrogen-bond donors (Lipinski definition) is 1. The second-order valence-electron chi connectivity index (χ2n) is 5.83. The van der Waals surface area contributed by atoms with Gasteiger partial charge in [0.2, 0.25) is 0 Å². The van der Waals surface area contributed by atoms with E-state index in [0.29, 0.717) is 31.9 Å². The van der Waals surface area contributed by atoms with E-state index in [-0.39, 0.29) is 17.2 Å². The quantitative estimate of drug-likeness (QED) is 0.878. The molecule has 1 saturated heterocycles. The summed E-state index contributed by atoms with van der Waals surface area (Å²) in [6.07, 6.45) is 0.973. The summed E-state index contributed by atoms with van der Waals surface area (Å²) in [6.45, 7) is 4.42. The lowest BCUT2D eigenvalue weighted by atomic mass is 9.83. The number of methoxy groups -OCH3 is 1. The van der Waals surface area contributed by atoms with Gasteiger partial charge in [-0.2, -0.15) is 0 Å². The molecule has 2 rings (SSSR count). The highest BCUT2D eigenvalue weighted by atomic mass is 19.1. The van der Waals surface area contributed by atoms with Crippen LogP contribution in [-0.4, -0.2) is 44.8 Å². The van der Waals surface area contributed by atoms with Crippen LogP contribution in [0.25, 0.3) is 0 Å². The summed E-state index contributed by atoms with van der Waals surface area (Å²) in [5, 5.41) is 2.92. The monoisotopic (exact) mass is 310 g/mol. The normalized spacial score (nSPS) is 15.8. The zero-order valence-corrected chi connectivity index (χ0v) is 13.3. The van der Waals surface area contributed by atoms with Crippen LogP contribution in [0.2, 0.25) is 0 Å². The van der Waals surface area contributed by atoms with Gasteiger partial charge in [-0.05, 0) is 24.1 Å². The zero-order chi connectivity index (χ0) is 16.2. The molecule has 0 aromatic heterocycles. The number of nitrogens with one attached hydrogen (secondary N) is 1. The summed E-state index contributed by atoms with van der Waals surface area (Å²) in [5.74, 6) is -0.226. The largest absolute Gasteiger partial charge is 0.494 e. The van der Waals surface area contributed by atoms with Crippen molar-refractivity contribution < 1.29 is 18.7 Å². The van der Waals surface area contributed by atoms with Crippen molar-refractivity contribution in [1.82, 2.24) is 10.2 Å². The fourth-order valence-corrected chi connectivity index (χ4v) is 2.37. The second-order valence-corrected chi connectivity index (χ2v) is 5.83. The standard InChI is InChI=1S/C16H23FN2O3/c1-4-16(10-22-11-16)9-18-15(20)19(2)8-12-5-6-14(21-3)13(17)7-12/h5-7H,4,8-11H2,1-3H3,(H,18,20). The summed E-state index contributed by atoms with van der Waals surface area (Å²) < 4.78 is 23.8. The van der Waals surface area contributed by atoms with Crippen LogP contribution in [0.15, 0.2) is 18.2 Å². The Morgan fingerprint density at radius 1 is 1.50 bits per heavy atom. The molecule has 22 heavy (non-hydrogen) atoms. The second kappa shape index (κ2) is 6.96. The lowest BCUT2D eigenvalue weighted by Gasteiger charge is -2.41. The number of hydrogen-bond acceptors (Lipinski definition) is 3. The number of ether oxygens (including phenoxy) is 2. The lowest BCUT2D eigenvalue weighted by Crippen LogP contribution is -2.52. The molecule has 2 amide bonds. The van der Waals surface area contributed by atoms with E-state index in [1.807, 2.05) is 0 Å². The Morgan fingerprint density at radius 2 is 2.23 bits per heavy atom. The average molecular weight is 310 g/mol. The van der Waals surface area contributed by atoms with Gasteiger partial charge in [0.1, 0.15) is 0 Å². The minimum atomic E-state index is -0.426. The van der Waals surface area contributed by atoms with Crippen LogP contribution < -0.4 is 10.1 Å². The molecule has 1 aromatic carbocycles. The molecule has 122 valence electrons. The molecule has 0 spiro atoms. The molecule has 0 saturated carbocycles. The van der Waals surface area contributed by atoms with Crippen molar-refractivity contribution >= 4 is 6.03 Å². The van der Waals surface area contributed by atoms with Crippen molar-refractivity contribution in [2.45, 2.75) is 19.9 Å². The maximum atomic E-state index is 13.6. The predicted molar refractivity (Wildman–Crippen MR) is 81.4 cm³/mol. The van der Waals surface area contributed by atoms with Crippen LogP contribution >= 0.6 is 0 Å². The number of amides is 2. The van der Waals surface area contributed by atoms with E-state index < -0.39 is 5.82 Å². The Balaban J connectivity index is 1.87. The Hall–Kier alpha value is -1.82. The van der Waals surface area contributed by atoms with E-state index in [9.17, 15) is 9.18 Å². The molecule has 0 bridgehead atoms. The van der Waals surface area contributed by atoms with Crippen molar-refractivity contribution in [2.75, 3.05) is 33.9 Å². The van der Waals surface area contributed by atoms with Crippen molar-refractivity contribution in [3.8, 4) is 5.75 Å². The molecule has 1 N–H and O–H groups in total. The number of halogens is 1. The molecule has 0 radical (unpaired) electrons. The molecule has 1 aromatic rings. The molecule has 1 fully saturated rings. The summed E-state index contributed by atoms with van der Waals surface area (Å²) in [6, 6.07) is 4.53. The molecule has 1 aliphatic rings. The Kier molecular flexibility index (Phi) is 5.24. The molecule has 6 heteroatoms. The molecule has 0 aliphatic carbocycles. The third kappa shape index (κ3) is 3.68.